The van der Waals surface area contributed by atoms with E-state index in [1.807, 2.05) is 30.3 Å². The highest BCUT2D eigenvalue weighted by molar-refractivity contribution is 5.97. The standard InChI is InChI=1S/C19H21N3O3/c23-18-6-3-10-22(18)19(24)13-21-11-8-14(12-21)25-17-7-9-20-16-5-2-1-4-15(16)17/h1-2,4-5,7,9,14H,3,6,8,10-13H2. The number of aromatic nitrogens is 1. The minimum absolute atomic E-state index is 0.0414. The third-order valence-electron chi connectivity index (χ3n) is 4.87. The van der Waals surface area contributed by atoms with Crippen LogP contribution < -0.4 is 4.74 Å². The minimum Gasteiger partial charge on any atom is -0.488 e. The largest absolute Gasteiger partial charge is 0.488 e. The number of carbonyl (C=O) groups excluding carboxylic acids is 2. The van der Waals surface area contributed by atoms with Crippen LogP contribution in [-0.4, -0.2) is 58.9 Å². The summed E-state index contributed by atoms with van der Waals surface area (Å²) in [7, 11) is 0. The van der Waals surface area contributed by atoms with Crippen molar-refractivity contribution in [3.63, 3.8) is 0 Å². The fraction of sp³-hybridized carbons (Fsp3) is 0.421. The summed E-state index contributed by atoms with van der Waals surface area (Å²) in [6.45, 7) is 2.36. The molecule has 0 spiro atoms. The summed E-state index contributed by atoms with van der Waals surface area (Å²) in [5.41, 5.74) is 0.914. The van der Waals surface area contributed by atoms with Crippen molar-refractivity contribution in [3.8, 4) is 5.75 Å². The van der Waals surface area contributed by atoms with Crippen LogP contribution in [0, 0.1) is 0 Å². The van der Waals surface area contributed by atoms with Crippen LogP contribution in [0.4, 0.5) is 0 Å². The van der Waals surface area contributed by atoms with Gasteiger partial charge in [0.2, 0.25) is 11.8 Å². The molecule has 2 fully saturated rings. The first-order valence-electron chi connectivity index (χ1n) is 8.76. The molecule has 25 heavy (non-hydrogen) atoms. The van der Waals surface area contributed by atoms with Crippen LogP contribution in [0.3, 0.4) is 0 Å². The second kappa shape index (κ2) is 6.80. The number of likely N-dealkylation sites (tertiary alicyclic amines) is 2. The molecule has 0 bridgehead atoms. The summed E-state index contributed by atoms with van der Waals surface area (Å²) in [6, 6.07) is 9.80. The Morgan fingerprint density at radius 2 is 2.12 bits per heavy atom. The topological polar surface area (TPSA) is 62.7 Å². The Balaban J connectivity index is 1.37. The van der Waals surface area contributed by atoms with Gasteiger partial charge in [0.05, 0.1) is 12.1 Å². The molecule has 0 aliphatic carbocycles. The molecule has 6 heteroatoms. The highest BCUT2D eigenvalue weighted by Crippen LogP contribution is 2.26. The first-order valence-corrected chi connectivity index (χ1v) is 8.76. The van der Waals surface area contributed by atoms with Crippen molar-refractivity contribution < 1.29 is 14.3 Å². The number of ether oxygens (including phenoxy) is 1. The number of hydrogen-bond acceptors (Lipinski definition) is 5. The van der Waals surface area contributed by atoms with E-state index in [2.05, 4.69) is 9.88 Å². The van der Waals surface area contributed by atoms with Crippen LogP contribution in [0.2, 0.25) is 0 Å². The summed E-state index contributed by atoms with van der Waals surface area (Å²) in [5.74, 6) is 0.705. The lowest BCUT2D eigenvalue weighted by Crippen LogP contribution is -2.40. The van der Waals surface area contributed by atoms with E-state index in [4.69, 9.17) is 4.74 Å². The third-order valence-corrected chi connectivity index (χ3v) is 4.87. The normalized spacial score (nSPS) is 21.2. The average Bonchev–Trinajstić information content (AvgIpc) is 3.24. The molecule has 2 aliphatic rings. The van der Waals surface area contributed by atoms with Gasteiger partial charge >= 0.3 is 0 Å². The third kappa shape index (κ3) is 3.35. The van der Waals surface area contributed by atoms with E-state index >= 15 is 0 Å². The van der Waals surface area contributed by atoms with Crippen molar-refractivity contribution in [1.82, 2.24) is 14.8 Å². The van der Waals surface area contributed by atoms with Gasteiger partial charge in [-0.25, -0.2) is 0 Å². The smallest absolute Gasteiger partial charge is 0.243 e. The second-order valence-corrected chi connectivity index (χ2v) is 6.63. The van der Waals surface area contributed by atoms with Crippen molar-refractivity contribution in [3.05, 3.63) is 36.5 Å². The quantitative estimate of drug-likeness (QED) is 0.850. The van der Waals surface area contributed by atoms with Crippen LogP contribution in [0.5, 0.6) is 5.75 Å². The average molecular weight is 339 g/mol. The fourth-order valence-corrected chi connectivity index (χ4v) is 3.58. The zero-order valence-electron chi connectivity index (χ0n) is 14.1. The number of pyridine rings is 1. The van der Waals surface area contributed by atoms with Crippen molar-refractivity contribution in [2.45, 2.75) is 25.4 Å². The van der Waals surface area contributed by atoms with Crippen LogP contribution in [0.1, 0.15) is 19.3 Å². The summed E-state index contributed by atoms with van der Waals surface area (Å²) in [6.07, 6.45) is 3.95. The molecule has 0 radical (unpaired) electrons. The minimum atomic E-state index is -0.0856. The SMILES string of the molecule is O=C1CCCN1C(=O)CN1CCC(Oc2ccnc3ccccc23)C1. The number of nitrogens with zero attached hydrogens (tertiary/aromatic N) is 3. The number of para-hydroxylation sites is 1. The predicted molar refractivity (Wildman–Crippen MR) is 93.2 cm³/mol. The molecule has 0 N–H and O–H groups in total. The molecular weight excluding hydrogens is 318 g/mol. The number of hydrogen-bond donors (Lipinski definition) is 0. The molecule has 2 amide bonds. The monoisotopic (exact) mass is 339 g/mol. The van der Waals surface area contributed by atoms with Crippen LogP contribution in [0.25, 0.3) is 10.9 Å². The van der Waals surface area contributed by atoms with E-state index in [0.717, 1.165) is 36.0 Å². The molecule has 1 aromatic carbocycles. The molecule has 130 valence electrons. The molecule has 1 atom stereocenters. The number of amides is 2. The van der Waals surface area contributed by atoms with Gasteiger partial charge < -0.3 is 4.74 Å². The molecule has 2 saturated heterocycles. The molecule has 2 aromatic rings. The number of fused-ring (bicyclic) bond motifs is 1. The van der Waals surface area contributed by atoms with Crippen LogP contribution in [0.15, 0.2) is 36.5 Å². The van der Waals surface area contributed by atoms with Gasteiger partial charge in [0.1, 0.15) is 11.9 Å². The molecule has 0 saturated carbocycles. The number of carbonyl (C=O) groups is 2. The summed E-state index contributed by atoms with van der Waals surface area (Å²) in [4.78, 5) is 31.8. The Morgan fingerprint density at radius 3 is 2.96 bits per heavy atom. The van der Waals surface area contributed by atoms with Gasteiger partial charge in [-0.05, 0) is 31.0 Å². The Hall–Kier alpha value is -2.47. The number of rotatable bonds is 4. The second-order valence-electron chi connectivity index (χ2n) is 6.63. The Kier molecular flexibility index (Phi) is 4.36. The zero-order chi connectivity index (χ0) is 17.2. The van der Waals surface area contributed by atoms with E-state index in [9.17, 15) is 9.59 Å². The predicted octanol–water partition coefficient (Wildman–Crippen LogP) is 1.84. The van der Waals surface area contributed by atoms with Gasteiger partial charge in [-0.15, -0.1) is 0 Å². The molecule has 6 nitrogen and oxygen atoms in total. The Bertz CT molecular complexity index is 802. The van der Waals surface area contributed by atoms with Gasteiger partial charge in [-0.1, -0.05) is 12.1 Å². The van der Waals surface area contributed by atoms with Crippen molar-refractivity contribution in [1.29, 1.82) is 0 Å². The van der Waals surface area contributed by atoms with Gasteiger partial charge in [-0.2, -0.15) is 0 Å². The summed E-state index contributed by atoms with van der Waals surface area (Å²) >= 11 is 0. The molecule has 1 aromatic heterocycles. The van der Waals surface area contributed by atoms with E-state index < -0.39 is 0 Å². The maximum absolute atomic E-state index is 12.3. The van der Waals surface area contributed by atoms with E-state index in [-0.39, 0.29) is 17.9 Å². The zero-order valence-corrected chi connectivity index (χ0v) is 14.1. The Labute approximate surface area is 146 Å². The molecule has 3 heterocycles. The molecule has 1 unspecified atom stereocenters. The van der Waals surface area contributed by atoms with Gasteiger partial charge in [0.25, 0.3) is 0 Å². The maximum Gasteiger partial charge on any atom is 0.243 e. The molecular formula is C19H21N3O3. The molecule has 2 aliphatic heterocycles. The molecule has 4 rings (SSSR count). The lowest BCUT2D eigenvalue weighted by atomic mass is 10.2. The van der Waals surface area contributed by atoms with E-state index in [0.29, 0.717) is 26.1 Å². The maximum atomic E-state index is 12.3. The highest BCUT2D eigenvalue weighted by Gasteiger charge is 2.31. The fourth-order valence-electron chi connectivity index (χ4n) is 3.58. The summed E-state index contributed by atoms with van der Waals surface area (Å²) < 4.78 is 6.17. The lowest BCUT2D eigenvalue weighted by molar-refractivity contribution is -0.142. The van der Waals surface area contributed by atoms with E-state index in [1.54, 1.807) is 6.20 Å². The van der Waals surface area contributed by atoms with Crippen LogP contribution >= 0.6 is 0 Å². The Morgan fingerprint density at radius 1 is 1.24 bits per heavy atom. The summed E-state index contributed by atoms with van der Waals surface area (Å²) in [5, 5.41) is 1.00. The number of benzene rings is 1. The van der Waals surface area contributed by atoms with Crippen molar-refractivity contribution >= 4 is 22.7 Å². The van der Waals surface area contributed by atoms with Gasteiger partial charge in [0, 0.05) is 37.6 Å². The van der Waals surface area contributed by atoms with Gasteiger partial charge in [-0.3, -0.25) is 24.4 Å². The van der Waals surface area contributed by atoms with Crippen LogP contribution in [-0.2, 0) is 9.59 Å². The lowest BCUT2D eigenvalue weighted by Gasteiger charge is -2.20. The number of imide groups is 1. The van der Waals surface area contributed by atoms with Gasteiger partial charge in [0.15, 0.2) is 0 Å². The highest BCUT2D eigenvalue weighted by atomic mass is 16.5. The van der Waals surface area contributed by atoms with E-state index in [1.165, 1.54) is 4.90 Å². The van der Waals surface area contributed by atoms with Crippen molar-refractivity contribution in [2.75, 3.05) is 26.2 Å². The van der Waals surface area contributed by atoms with Crippen molar-refractivity contribution in [2.24, 2.45) is 0 Å². The first-order chi connectivity index (χ1) is 12.2. The first kappa shape index (κ1) is 16.0.